The number of primary amides is 1. The van der Waals surface area contributed by atoms with Gasteiger partial charge in [0, 0.05) is 21.7 Å². The lowest BCUT2D eigenvalue weighted by atomic mass is 9.98. The number of carbonyl (C=O) groups excluding carboxylic acids is 1. The third-order valence-electron chi connectivity index (χ3n) is 3.40. The van der Waals surface area contributed by atoms with E-state index in [2.05, 4.69) is 5.32 Å². The lowest BCUT2D eigenvalue weighted by Gasteiger charge is -2.27. The van der Waals surface area contributed by atoms with Crippen molar-refractivity contribution in [3.05, 3.63) is 28.2 Å². The Morgan fingerprint density at radius 2 is 2.20 bits per heavy atom. The molecule has 20 heavy (non-hydrogen) atoms. The van der Waals surface area contributed by atoms with Crippen molar-refractivity contribution >= 4 is 40.9 Å². The minimum absolute atomic E-state index is 0.304. The second-order valence-electron chi connectivity index (χ2n) is 5.29. The summed E-state index contributed by atoms with van der Waals surface area (Å²) in [5.74, 6) is 0.446. The quantitative estimate of drug-likeness (QED) is 0.751. The first-order valence-corrected chi connectivity index (χ1v) is 8.30. The molecular weight excluding hydrogens is 315 g/mol. The van der Waals surface area contributed by atoms with E-state index < -0.39 is 5.54 Å². The molecule has 3 nitrogen and oxygen atoms in total. The molecule has 1 aliphatic carbocycles. The number of nitrogens with two attached hydrogens (primary N) is 1. The van der Waals surface area contributed by atoms with Gasteiger partial charge in [-0.05, 0) is 44.4 Å². The molecule has 1 amide bonds. The Hall–Kier alpha value is -0.420. The second-order valence-corrected chi connectivity index (χ2v) is 7.27. The monoisotopic (exact) mass is 332 g/mol. The van der Waals surface area contributed by atoms with Crippen LogP contribution in [0, 0.1) is 0 Å². The van der Waals surface area contributed by atoms with Crippen LogP contribution in [0.3, 0.4) is 0 Å². The molecule has 0 spiro atoms. The Morgan fingerprint density at radius 1 is 1.50 bits per heavy atom. The van der Waals surface area contributed by atoms with Crippen LogP contribution in [0.4, 0.5) is 0 Å². The molecule has 2 rings (SSSR count). The predicted molar refractivity (Wildman–Crippen MR) is 85.6 cm³/mol. The highest BCUT2D eigenvalue weighted by Crippen LogP contribution is 2.32. The average Bonchev–Trinajstić information content (AvgIpc) is 3.17. The fraction of sp³-hybridized carbons (Fsp3) is 0.500. The van der Waals surface area contributed by atoms with Crippen molar-refractivity contribution in [2.24, 2.45) is 5.73 Å². The maximum atomic E-state index is 11.7. The number of hydrogen-bond acceptors (Lipinski definition) is 3. The molecule has 1 unspecified atom stereocenters. The van der Waals surface area contributed by atoms with Crippen LogP contribution in [0.1, 0.15) is 26.2 Å². The number of hydrogen-bond donors (Lipinski definition) is 2. The number of nitrogens with one attached hydrogen (secondary N) is 1. The lowest BCUT2D eigenvalue weighted by Crippen LogP contribution is -2.54. The van der Waals surface area contributed by atoms with Crippen LogP contribution < -0.4 is 11.1 Å². The van der Waals surface area contributed by atoms with E-state index >= 15 is 0 Å². The van der Waals surface area contributed by atoms with Gasteiger partial charge in [0.05, 0.1) is 10.6 Å². The molecule has 0 aliphatic heterocycles. The Labute approximate surface area is 133 Å². The molecule has 110 valence electrons. The van der Waals surface area contributed by atoms with Gasteiger partial charge in [-0.2, -0.15) is 0 Å². The largest absolute Gasteiger partial charge is 0.368 e. The SMILES string of the molecule is CC(CCSc1cc(Cl)ccc1Cl)(NC1CC1)C(N)=O. The molecule has 0 heterocycles. The molecule has 1 aliphatic rings. The number of rotatable bonds is 7. The van der Waals surface area contributed by atoms with Crippen molar-refractivity contribution in [2.75, 3.05) is 5.75 Å². The summed E-state index contributed by atoms with van der Waals surface area (Å²) in [5.41, 5.74) is 4.87. The molecule has 0 saturated heterocycles. The molecule has 1 saturated carbocycles. The summed E-state index contributed by atoms with van der Waals surface area (Å²) >= 11 is 13.7. The van der Waals surface area contributed by atoms with Crippen LogP contribution in [-0.2, 0) is 4.79 Å². The Morgan fingerprint density at radius 3 is 2.80 bits per heavy atom. The van der Waals surface area contributed by atoms with Crippen LogP contribution in [0.2, 0.25) is 10.0 Å². The number of amides is 1. The van der Waals surface area contributed by atoms with Crippen molar-refractivity contribution in [1.82, 2.24) is 5.32 Å². The van der Waals surface area contributed by atoms with Gasteiger partial charge in [-0.1, -0.05) is 23.2 Å². The minimum Gasteiger partial charge on any atom is -0.368 e. The van der Waals surface area contributed by atoms with Gasteiger partial charge in [0.2, 0.25) is 5.91 Å². The fourth-order valence-electron chi connectivity index (χ4n) is 1.90. The first kappa shape index (κ1) is 16.0. The highest BCUT2D eigenvalue weighted by atomic mass is 35.5. The highest BCUT2D eigenvalue weighted by molar-refractivity contribution is 7.99. The van der Waals surface area contributed by atoms with Crippen molar-refractivity contribution < 1.29 is 4.79 Å². The Balaban J connectivity index is 1.92. The molecule has 0 bridgehead atoms. The first-order valence-electron chi connectivity index (χ1n) is 6.56. The lowest BCUT2D eigenvalue weighted by molar-refractivity contribution is -0.124. The maximum Gasteiger partial charge on any atom is 0.237 e. The second kappa shape index (κ2) is 6.56. The minimum atomic E-state index is -0.654. The van der Waals surface area contributed by atoms with E-state index in [1.807, 2.05) is 13.0 Å². The summed E-state index contributed by atoms with van der Waals surface area (Å²) in [4.78, 5) is 12.6. The van der Waals surface area contributed by atoms with E-state index in [0.29, 0.717) is 22.5 Å². The van der Waals surface area contributed by atoms with E-state index in [9.17, 15) is 4.79 Å². The molecule has 3 N–H and O–H groups in total. The summed E-state index contributed by atoms with van der Waals surface area (Å²) in [6.45, 7) is 1.87. The molecule has 1 aromatic carbocycles. The number of halogens is 2. The molecule has 1 aromatic rings. The fourth-order valence-corrected chi connectivity index (χ4v) is 3.56. The van der Waals surface area contributed by atoms with Gasteiger partial charge in [-0.15, -0.1) is 11.8 Å². The van der Waals surface area contributed by atoms with E-state index in [0.717, 1.165) is 23.5 Å². The van der Waals surface area contributed by atoms with E-state index in [-0.39, 0.29) is 5.91 Å². The highest BCUT2D eigenvalue weighted by Gasteiger charge is 2.36. The summed E-state index contributed by atoms with van der Waals surface area (Å²) in [7, 11) is 0. The molecule has 0 radical (unpaired) electrons. The molecule has 1 atom stereocenters. The normalized spacial score (nSPS) is 17.8. The van der Waals surface area contributed by atoms with Crippen molar-refractivity contribution in [2.45, 2.75) is 42.7 Å². The van der Waals surface area contributed by atoms with Gasteiger partial charge in [0.25, 0.3) is 0 Å². The third-order valence-corrected chi connectivity index (χ3v) is 5.13. The van der Waals surface area contributed by atoms with Crippen molar-refractivity contribution in [3.8, 4) is 0 Å². The molecule has 0 aromatic heterocycles. The summed E-state index contributed by atoms with van der Waals surface area (Å²) in [5, 5.41) is 4.67. The Kier molecular flexibility index (Phi) is 5.24. The van der Waals surface area contributed by atoms with Gasteiger partial charge in [-0.3, -0.25) is 4.79 Å². The van der Waals surface area contributed by atoms with Crippen LogP contribution >= 0.6 is 35.0 Å². The smallest absolute Gasteiger partial charge is 0.237 e. The van der Waals surface area contributed by atoms with E-state index in [4.69, 9.17) is 28.9 Å². The number of benzene rings is 1. The van der Waals surface area contributed by atoms with Crippen LogP contribution in [-0.4, -0.2) is 23.2 Å². The maximum absolute atomic E-state index is 11.7. The number of carbonyl (C=O) groups is 1. The molecule has 1 fully saturated rings. The molecular formula is C14H18Cl2N2OS. The first-order chi connectivity index (χ1) is 9.40. The zero-order valence-corrected chi connectivity index (χ0v) is 13.6. The zero-order chi connectivity index (χ0) is 14.8. The van der Waals surface area contributed by atoms with Gasteiger partial charge >= 0.3 is 0 Å². The van der Waals surface area contributed by atoms with Gasteiger partial charge in [0.15, 0.2) is 0 Å². The van der Waals surface area contributed by atoms with Gasteiger partial charge < -0.3 is 11.1 Å². The Bertz CT molecular complexity index is 508. The summed E-state index contributed by atoms with van der Waals surface area (Å²) in [6, 6.07) is 5.81. The van der Waals surface area contributed by atoms with Crippen molar-refractivity contribution in [1.29, 1.82) is 0 Å². The summed E-state index contributed by atoms with van der Waals surface area (Å²) in [6.07, 6.45) is 2.90. The zero-order valence-electron chi connectivity index (χ0n) is 11.3. The topological polar surface area (TPSA) is 55.1 Å². The van der Waals surface area contributed by atoms with Gasteiger partial charge in [-0.25, -0.2) is 0 Å². The number of thioether (sulfide) groups is 1. The van der Waals surface area contributed by atoms with Crippen LogP contribution in [0.25, 0.3) is 0 Å². The third kappa shape index (κ3) is 4.29. The van der Waals surface area contributed by atoms with Crippen LogP contribution in [0.5, 0.6) is 0 Å². The standard InChI is InChI=1S/C14H18Cl2N2OS/c1-14(13(17)19,18-10-3-4-10)6-7-20-12-8-9(15)2-5-11(12)16/h2,5,8,10,18H,3-4,6-7H2,1H3,(H2,17,19). The van der Waals surface area contributed by atoms with Gasteiger partial charge in [0.1, 0.15) is 0 Å². The van der Waals surface area contributed by atoms with E-state index in [1.165, 1.54) is 0 Å². The predicted octanol–water partition coefficient (Wildman–Crippen LogP) is 3.47. The van der Waals surface area contributed by atoms with E-state index in [1.54, 1.807) is 23.9 Å². The van der Waals surface area contributed by atoms with Crippen LogP contribution in [0.15, 0.2) is 23.1 Å². The molecule has 6 heteroatoms. The summed E-state index contributed by atoms with van der Waals surface area (Å²) < 4.78 is 0. The average molecular weight is 333 g/mol. The van der Waals surface area contributed by atoms with Crippen molar-refractivity contribution in [3.63, 3.8) is 0 Å².